The van der Waals surface area contributed by atoms with E-state index in [4.69, 9.17) is 9.72 Å². The zero-order valence-corrected chi connectivity index (χ0v) is 24.0. The number of amides is 1. The average Bonchev–Trinajstić information content (AvgIpc) is 3.17. The minimum Gasteiger partial charge on any atom is -0.494 e. The molecule has 0 spiro atoms. The second-order valence-corrected chi connectivity index (χ2v) is 10.8. The lowest BCUT2D eigenvalue weighted by molar-refractivity contribution is -0.111. The summed E-state index contributed by atoms with van der Waals surface area (Å²) in [4.78, 5) is 28.2. The number of methoxy groups -OCH3 is 1. The number of nitrogens with zero attached hydrogens (tertiary/aromatic N) is 5. The molecule has 0 fully saturated rings. The molecule has 0 radical (unpaired) electrons. The van der Waals surface area contributed by atoms with Crippen LogP contribution in [0.2, 0.25) is 0 Å². The Morgan fingerprint density at radius 1 is 1.15 bits per heavy atom. The van der Waals surface area contributed by atoms with E-state index < -0.39 is 0 Å². The van der Waals surface area contributed by atoms with Gasteiger partial charge in [-0.15, -0.1) is 0 Å². The van der Waals surface area contributed by atoms with E-state index in [2.05, 4.69) is 62.9 Å². The van der Waals surface area contributed by atoms with Crippen molar-refractivity contribution < 1.29 is 9.53 Å². The SMILES string of the molecule is C=CC(=O)Nc1cc(Nc2cc(N3CC(C)(C)c4nc(C)ccc43)ccn2)c(OC)cc1N(C)CCN(C)C. The number of hydrogen-bond donors (Lipinski definition) is 2. The van der Waals surface area contributed by atoms with Gasteiger partial charge < -0.3 is 30.1 Å². The molecule has 1 aliphatic heterocycles. The predicted molar refractivity (Wildman–Crippen MR) is 160 cm³/mol. The predicted octanol–water partition coefficient (Wildman–Crippen LogP) is 5.09. The molecule has 1 amide bonds. The molecule has 2 aromatic heterocycles. The van der Waals surface area contributed by atoms with Crippen molar-refractivity contribution in [3.8, 4) is 5.75 Å². The van der Waals surface area contributed by atoms with Gasteiger partial charge in [-0.05, 0) is 51.4 Å². The second-order valence-electron chi connectivity index (χ2n) is 10.8. The highest BCUT2D eigenvalue weighted by molar-refractivity contribution is 6.02. The molecule has 1 aromatic carbocycles. The lowest BCUT2D eigenvalue weighted by atomic mass is 9.91. The zero-order valence-electron chi connectivity index (χ0n) is 24.0. The number of rotatable bonds is 10. The van der Waals surface area contributed by atoms with Crippen LogP contribution in [-0.2, 0) is 10.2 Å². The molecule has 0 aliphatic carbocycles. The van der Waals surface area contributed by atoms with Gasteiger partial charge in [-0.25, -0.2) is 4.98 Å². The van der Waals surface area contributed by atoms with Crippen molar-refractivity contribution >= 4 is 40.2 Å². The first-order chi connectivity index (χ1) is 18.5. The molecule has 9 heteroatoms. The van der Waals surface area contributed by atoms with Crippen LogP contribution in [0.25, 0.3) is 0 Å². The molecule has 0 saturated carbocycles. The maximum Gasteiger partial charge on any atom is 0.247 e. The van der Waals surface area contributed by atoms with Crippen LogP contribution in [0.5, 0.6) is 5.75 Å². The molecular weight excluding hydrogens is 490 g/mol. The number of nitrogens with one attached hydrogen (secondary N) is 2. The summed E-state index contributed by atoms with van der Waals surface area (Å²) in [5, 5.41) is 6.35. The van der Waals surface area contributed by atoms with Crippen molar-refractivity contribution in [2.45, 2.75) is 26.2 Å². The number of likely N-dealkylation sites (N-methyl/N-ethyl adjacent to an activating group) is 2. The van der Waals surface area contributed by atoms with E-state index in [-0.39, 0.29) is 11.3 Å². The summed E-state index contributed by atoms with van der Waals surface area (Å²) in [7, 11) is 7.68. The third-order valence-electron chi connectivity index (χ3n) is 6.87. The van der Waals surface area contributed by atoms with Crippen LogP contribution in [0.4, 0.5) is 34.3 Å². The Morgan fingerprint density at radius 2 is 1.92 bits per heavy atom. The highest BCUT2D eigenvalue weighted by Gasteiger charge is 2.37. The molecule has 0 saturated heterocycles. The normalized spacial score (nSPS) is 13.7. The molecule has 3 aromatic rings. The lowest BCUT2D eigenvalue weighted by Crippen LogP contribution is -2.29. The largest absolute Gasteiger partial charge is 0.494 e. The Labute approximate surface area is 231 Å². The molecular formula is C30H39N7O2. The van der Waals surface area contributed by atoms with Gasteiger partial charge in [0.15, 0.2) is 0 Å². The number of aryl methyl sites for hydroxylation is 1. The van der Waals surface area contributed by atoms with E-state index in [9.17, 15) is 4.79 Å². The molecule has 9 nitrogen and oxygen atoms in total. The van der Waals surface area contributed by atoms with Crippen molar-refractivity contribution in [3.63, 3.8) is 0 Å². The van der Waals surface area contributed by atoms with E-state index in [1.54, 1.807) is 13.3 Å². The molecule has 2 N–H and O–H groups in total. The van der Waals surface area contributed by atoms with Crippen molar-refractivity contribution in [2.24, 2.45) is 0 Å². The van der Waals surface area contributed by atoms with Crippen molar-refractivity contribution in [2.75, 3.05) is 68.3 Å². The van der Waals surface area contributed by atoms with Crippen LogP contribution in [-0.4, -0.2) is 68.7 Å². The summed E-state index contributed by atoms with van der Waals surface area (Å²) < 4.78 is 5.76. The van der Waals surface area contributed by atoms with E-state index in [0.29, 0.717) is 22.9 Å². The van der Waals surface area contributed by atoms with Gasteiger partial charge in [0, 0.05) is 61.8 Å². The number of aromatic nitrogens is 2. The highest BCUT2D eigenvalue weighted by atomic mass is 16.5. The quantitative estimate of drug-likeness (QED) is 0.352. The molecule has 206 valence electrons. The van der Waals surface area contributed by atoms with Gasteiger partial charge in [0.25, 0.3) is 0 Å². The minimum absolute atomic E-state index is 0.0753. The van der Waals surface area contributed by atoms with Gasteiger partial charge in [-0.2, -0.15) is 0 Å². The number of pyridine rings is 2. The smallest absolute Gasteiger partial charge is 0.247 e. The number of benzene rings is 1. The third-order valence-corrected chi connectivity index (χ3v) is 6.87. The first-order valence-electron chi connectivity index (χ1n) is 13.0. The Bertz CT molecular complexity index is 1370. The minimum atomic E-state index is -0.285. The van der Waals surface area contributed by atoms with Crippen LogP contribution < -0.4 is 25.2 Å². The number of ether oxygens (including phenoxy) is 1. The monoisotopic (exact) mass is 529 g/mol. The number of carbonyl (C=O) groups is 1. The Balaban J connectivity index is 1.68. The standard InChI is InChI=1S/C30H39N7O2/c1-9-28(38)34-22-17-23(26(39-8)18-25(22)36(7)15-14-35(5)6)33-27-16-21(12-13-31-27)37-19-30(3,4)29-24(37)11-10-20(2)32-29/h9-13,16-18H,1,14-15,19H2,2-8H3,(H,31,33)(H,34,38). The molecule has 0 bridgehead atoms. The Kier molecular flexibility index (Phi) is 8.11. The van der Waals surface area contributed by atoms with Gasteiger partial charge in [-0.1, -0.05) is 20.4 Å². The fraction of sp³-hybridized carbons (Fsp3) is 0.367. The maximum absolute atomic E-state index is 12.3. The number of carbonyl (C=O) groups excluding carboxylic acids is 1. The fourth-order valence-corrected chi connectivity index (χ4v) is 4.75. The lowest BCUT2D eigenvalue weighted by Gasteiger charge is -2.26. The first kappa shape index (κ1) is 27.9. The molecule has 0 unspecified atom stereocenters. The van der Waals surface area contributed by atoms with Gasteiger partial charge in [0.05, 0.1) is 35.6 Å². The van der Waals surface area contributed by atoms with Crippen LogP contribution in [0.1, 0.15) is 25.2 Å². The summed E-state index contributed by atoms with van der Waals surface area (Å²) in [5.41, 5.74) is 6.35. The van der Waals surface area contributed by atoms with E-state index in [1.165, 1.54) is 6.08 Å². The van der Waals surface area contributed by atoms with Crippen molar-refractivity contribution in [1.82, 2.24) is 14.9 Å². The molecule has 4 rings (SSSR count). The molecule has 3 heterocycles. The van der Waals surface area contributed by atoms with Crippen LogP contribution in [0.15, 0.2) is 55.3 Å². The number of fused-ring (bicyclic) bond motifs is 1. The zero-order chi connectivity index (χ0) is 28.3. The first-order valence-corrected chi connectivity index (χ1v) is 13.0. The van der Waals surface area contributed by atoms with Crippen LogP contribution >= 0.6 is 0 Å². The van der Waals surface area contributed by atoms with E-state index in [0.717, 1.165) is 48.1 Å². The Morgan fingerprint density at radius 3 is 2.62 bits per heavy atom. The van der Waals surface area contributed by atoms with E-state index >= 15 is 0 Å². The van der Waals surface area contributed by atoms with E-state index in [1.807, 2.05) is 52.3 Å². The van der Waals surface area contributed by atoms with Crippen LogP contribution in [0.3, 0.4) is 0 Å². The fourth-order valence-electron chi connectivity index (χ4n) is 4.75. The van der Waals surface area contributed by atoms with Crippen LogP contribution in [0, 0.1) is 6.92 Å². The molecule has 39 heavy (non-hydrogen) atoms. The second kappa shape index (κ2) is 11.3. The van der Waals surface area contributed by atoms with Crippen molar-refractivity contribution in [3.05, 3.63) is 66.6 Å². The van der Waals surface area contributed by atoms with Crippen molar-refractivity contribution in [1.29, 1.82) is 0 Å². The summed E-state index contributed by atoms with van der Waals surface area (Å²) in [6.45, 7) is 12.5. The molecule has 1 aliphatic rings. The average molecular weight is 530 g/mol. The summed E-state index contributed by atoms with van der Waals surface area (Å²) in [5.74, 6) is 1.01. The summed E-state index contributed by atoms with van der Waals surface area (Å²) >= 11 is 0. The summed E-state index contributed by atoms with van der Waals surface area (Å²) in [6.07, 6.45) is 3.05. The maximum atomic E-state index is 12.3. The van der Waals surface area contributed by atoms with Gasteiger partial charge in [0.1, 0.15) is 11.6 Å². The van der Waals surface area contributed by atoms with Gasteiger partial charge in [-0.3, -0.25) is 9.78 Å². The topological polar surface area (TPSA) is 85.9 Å². The number of anilines is 6. The Hall–Kier alpha value is -4.11. The highest BCUT2D eigenvalue weighted by Crippen LogP contribution is 2.44. The third kappa shape index (κ3) is 6.15. The number of hydrogen-bond acceptors (Lipinski definition) is 8. The summed E-state index contributed by atoms with van der Waals surface area (Å²) in [6, 6.07) is 12.0. The van der Waals surface area contributed by atoms with Gasteiger partial charge in [0.2, 0.25) is 5.91 Å². The molecule has 0 atom stereocenters. The van der Waals surface area contributed by atoms with Gasteiger partial charge >= 0.3 is 0 Å².